The lowest BCUT2D eigenvalue weighted by molar-refractivity contribution is 0.227. The monoisotopic (exact) mass is 310 g/mol. The van der Waals surface area contributed by atoms with Crippen LogP contribution in [0.15, 0.2) is 0 Å². The maximum Gasteiger partial charge on any atom is 0.114 e. The second-order valence-electron chi connectivity index (χ2n) is 7.04. The van der Waals surface area contributed by atoms with E-state index in [1.807, 2.05) is 11.3 Å². The van der Waals surface area contributed by atoms with E-state index >= 15 is 0 Å². The molecule has 2 heterocycles. The summed E-state index contributed by atoms with van der Waals surface area (Å²) in [6.07, 6.45) is 6.34. The lowest BCUT2D eigenvalue weighted by atomic mass is 9.80. The maximum absolute atomic E-state index is 5.07. The lowest BCUT2D eigenvalue weighted by Gasteiger charge is -2.44. The summed E-state index contributed by atoms with van der Waals surface area (Å²) in [5.41, 5.74) is 1.92. The number of nitrogens with zero attached hydrogens (tertiary/aromatic N) is 1. The van der Waals surface area contributed by atoms with Gasteiger partial charge in [0.15, 0.2) is 0 Å². The van der Waals surface area contributed by atoms with Gasteiger partial charge in [0, 0.05) is 10.6 Å². The van der Waals surface area contributed by atoms with Crippen LogP contribution < -0.4 is 5.32 Å². The Morgan fingerprint density at radius 3 is 2.70 bits per heavy atom. The van der Waals surface area contributed by atoms with Crippen LogP contribution in [0.2, 0.25) is 0 Å². The Morgan fingerprint density at radius 1 is 1.20 bits per heavy atom. The summed E-state index contributed by atoms with van der Waals surface area (Å²) < 4.78 is 0. The molecule has 1 unspecified atom stereocenters. The number of hydrogen-bond acceptors (Lipinski definition) is 4. The molecule has 0 radical (unpaired) electrons. The summed E-state index contributed by atoms with van der Waals surface area (Å²) in [6, 6.07) is 0. The van der Waals surface area contributed by atoms with Crippen LogP contribution in [-0.2, 0) is 18.4 Å². The molecule has 112 valence electrons. The van der Waals surface area contributed by atoms with E-state index in [0.717, 1.165) is 6.54 Å². The Labute approximate surface area is 131 Å². The largest absolute Gasteiger partial charge is 0.305 e. The highest BCUT2D eigenvalue weighted by Gasteiger charge is 2.43. The standard InChI is InChI=1S/C16H26N2S2/c1-4-17-16(9-15(2,3)10-19-11-16)14-18-12-7-5-6-8-13(12)20-14/h17H,4-11H2,1-3H3. The molecule has 4 heteroatoms. The van der Waals surface area contributed by atoms with Crippen LogP contribution in [0.3, 0.4) is 0 Å². The van der Waals surface area contributed by atoms with Crippen molar-refractivity contribution in [3.8, 4) is 0 Å². The number of thioether (sulfide) groups is 1. The number of hydrogen-bond donors (Lipinski definition) is 1. The number of aryl methyl sites for hydroxylation is 2. The van der Waals surface area contributed by atoms with E-state index < -0.39 is 0 Å². The summed E-state index contributed by atoms with van der Waals surface area (Å²) in [5, 5.41) is 5.17. The van der Waals surface area contributed by atoms with Gasteiger partial charge in [-0.15, -0.1) is 11.3 Å². The van der Waals surface area contributed by atoms with Crippen LogP contribution in [0.4, 0.5) is 0 Å². The van der Waals surface area contributed by atoms with Gasteiger partial charge in [0.05, 0.1) is 11.2 Å². The van der Waals surface area contributed by atoms with E-state index in [9.17, 15) is 0 Å². The molecule has 1 N–H and O–H groups in total. The van der Waals surface area contributed by atoms with E-state index in [1.54, 1.807) is 4.88 Å². The van der Waals surface area contributed by atoms with Crippen molar-refractivity contribution in [2.45, 2.75) is 58.4 Å². The van der Waals surface area contributed by atoms with Gasteiger partial charge < -0.3 is 5.32 Å². The van der Waals surface area contributed by atoms with E-state index in [-0.39, 0.29) is 5.54 Å². The van der Waals surface area contributed by atoms with Crippen LogP contribution in [0.1, 0.15) is 55.6 Å². The van der Waals surface area contributed by atoms with Crippen LogP contribution in [0.25, 0.3) is 0 Å². The van der Waals surface area contributed by atoms with Crippen LogP contribution in [-0.4, -0.2) is 23.0 Å². The molecule has 0 bridgehead atoms. The number of thiazole rings is 1. The van der Waals surface area contributed by atoms with E-state index in [2.05, 4.69) is 37.8 Å². The van der Waals surface area contributed by atoms with Crippen molar-refractivity contribution in [1.82, 2.24) is 10.3 Å². The lowest BCUT2D eigenvalue weighted by Crippen LogP contribution is -2.50. The van der Waals surface area contributed by atoms with Gasteiger partial charge in [-0.05, 0) is 49.8 Å². The number of rotatable bonds is 3. The Bertz CT molecular complexity index is 453. The van der Waals surface area contributed by atoms with Crippen molar-refractivity contribution >= 4 is 23.1 Å². The first-order chi connectivity index (χ1) is 9.55. The molecule has 2 aliphatic rings. The van der Waals surface area contributed by atoms with Gasteiger partial charge in [0.25, 0.3) is 0 Å². The zero-order valence-corrected chi connectivity index (χ0v) is 14.6. The Hall–Kier alpha value is -0.0600. The molecule has 1 aliphatic heterocycles. The third-order valence-corrected chi connectivity index (χ3v) is 7.44. The quantitative estimate of drug-likeness (QED) is 0.914. The molecule has 1 aromatic rings. The molecule has 1 saturated heterocycles. The van der Waals surface area contributed by atoms with Gasteiger partial charge >= 0.3 is 0 Å². The second kappa shape index (κ2) is 5.62. The topological polar surface area (TPSA) is 24.9 Å². The highest BCUT2D eigenvalue weighted by Crippen LogP contribution is 2.46. The van der Waals surface area contributed by atoms with Crippen molar-refractivity contribution in [3.63, 3.8) is 0 Å². The highest BCUT2D eigenvalue weighted by molar-refractivity contribution is 7.99. The molecular formula is C16H26N2S2. The third-order valence-electron chi connectivity index (χ3n) is 4.39. The van der Waals surface area contributed by atoms with Crippen LogP contribution in [0, 0.1) is 5.41 Å². The molecule has 3 rings (SSSR count). The maximum atomic E-state index is 5.07. The van der Waals surface area contributed by atoms with Gasteiger partial charge in [0.1, 0.15) is 5.01 Å². The Kier molecular flexibility index (Phi) is 4.17. The first-order valence-corrected chi connectivity index (χ1v) is 9.84. The van der Waals surface area contributed by atoms with Crippen molar-refractivity contribution in [2.24, 2.45) is 5.41 Å². The molecule has 1 aromatic heterocycles. The third kappa shape index (κ3) is 2.79. The fourth-order valence-corrected chi connectivity index (χ4v) is 6.49. The Balaban J connectivity index is 1.95. The first kappa shape index (κ1) is 14.9. The fraction of sp³-hybridized carbons (Fsp3) is 0.812. The van der Waals surface area contributed by atoms with Crippen LogP contribution >= 0.6 is 23.1 Å². The summed E-state index contributed by atoms with van der Waals surface area (Å²) >= 11 is 4.09. The van der Waals surface area contributed by atoms with Crippen LogP contribution in [0.5, 0.6) is 0 Å². The van der Waals surface area contributed by atoms with Gasteiger partial charge in [-0.3, -0.25) is 0 Å². The van der Waals surface area contributed by atoms with Gasteiger partial charge in [-0.2, -0.15) is 11.8 Å². The second-order valence-corrected chi connectivity index (χ2v) is 9.11. The minimum Gasteiger partial charge on any atom is -0.305 e. The summed E-state index contributed by atoms with van der Waals surface area (Å²) in [4.78, 5) is 6.64. The summed E-state index contributed by atoms with van der Waals surface area (Å²) in [5.74, 6) is 2.45. The average Bonchev–Trinajstić information content (AvgIpc) is 2.82. The zero-order chi connectivity index (χ0) is 14.2. The zero-order valence-electron chi connectivity index (χ0n) is 12.9. The van der Waals surface area contributed by atoms with Crippen molar-refractivity contribution < 1.29 is 0 Å². The average molecular weight is 311 g/mol. The Morgan fingerprint density at radius 2 is 2.00 bits per heavy atom. The molecule has 0 aromatic carbocycles. The molecule has 20 heavy (non-hydrogen) atoms. The van der Waals surface area contributed by atoms with Gasteiger partial charge in [-0.25, -0.2) is 4.98 Å². The first-order valence-electron chi connectivity index (χ1n) is 7.86. The van der Waals surface area contributed by atoms with E-state index in [0.29, 0.717) is 5.41 Å². The normalized spacial score (nSPS) is 29.1. The predicted molar refractivity (Wildman–Crippen MR) is 89.8 cm³/mol. The molecule has 1 aliphatic carbocycles. The van der Waals surface area contributed by atoms with Crippen molar-refractivity contribution in [3.05, 3.63) is 15.6 Å². The SMILES string of the molecule is CCNC1(c2nc3c(s2)CCCC3)CSCC(C)(C)C1. The molecule has 0 spiro atoms. The summed E-state index contributed by atoms with van der Waals surface area (Å²) in [7, 11) is 0. The fourth-order valence-electron chi connectivity index (χ4n) is 3.64. The molecule has 1 fully saturated rings. The minimum absolute atomic E-state index is 0.114. The van der Waals surface area contributed by atoms with Crippen molar-refractivity contribution in [2.75, 3.05) is 18.1 Å². The van der Waals surface area contributed by atoms with E-state index in [1.165, 1.54) is 54.3 Å². The molecular weight excluding hydrogens is 284 g/mol. The van der Waals surface area contributed by atoms with Crippen molar-refractivity contribution in [1.29, 1.82) is 0 Å². The summed E-state index contributed by atoms with van der Waals surface area (Å²) in [6.45, 7) is 8.06. The molecule has 1 atom stereocenters. The van der Waals surface area contributed by atoms with E-state index in [4.69, 9.17) is 4.98 Å². The number of nitrogens with one attached hydrogen (secondary N) is 1. The molecule has 0 amide bonds. The van der Waals surface area contributed by atoms with Gasteiger partial charge in [0.2, 0.25) is 0 Å². The van der Waals surface area contributed by atoms with Gasteiger partial charge in [-0.1, -0.05) is 20.8 Å². The highest BCUT2D eigenvalue weighted by atomic mass is 32.2. The molecule has 0 saturated carbocycles. The number of fused-ring (bicyclic) bond motifs is 1. The predicted octanol–water partition coefficient (Wildman–Crippen LogP) is 3.99. The smallest absolute Gasteiger partial charge is 0.114 e. The minimum atomic E-state index is 0.114. The molecule has 2 nitrogen and oxygen atoms in total. The number of aromatic nitrogens is 1.